The summed E-state index contributed by atoms with van der Waals surface area (Å²) in [5.74, 6) is -0.0624. The van der Waals surface area contributed by atoms with Crippen molar-refractivity contribution in [3.8, 4) is 10.6 Å². The van der Waals surface area contributed by atoms with E-state index in [0.29, 0.717) is 16.4 Å². The second-order valence-corrected chi connectivity index (χ2v) is 7.52. The molecule has 0 radical (unpaired) electrons. The van der Waals surface area contributed by atoms with Crippen molar-refractivity contribution in [2.45, 2.75) is 38.1 Å². The summed E-state index contributed by atoms with van der Waals surface area (Å²) in [5, 5.41) is 4.68. The number of nitrogens with one attached hydrogen (secondary N) is 1. The average Bonchev–Trinajstić information content (AvgIpc) is 3.15. The van der Waals surface area contributed by atoms with Crippen molar-refractivity contribution in [3.63, 3.8) is 0 Å². The van der Waals surface area contributed by atoms with Crippen molar-refractivity contribution in [1.82, 2.24) is 10.3 Å². The molecular weight excluding hydrogens is 401 g/mol. The zero-order valence-corrected chi connectivity index (χ0v) is 17.1. The van der Waals surface area contributed by atoms with Gasteiger partial charge in [0, 0.05) is 17.1 Å². The van der Waals surface area contributed by atoms with Crippen molar-refractivity contribution >= 4 is 53.7 Å². The van der Waals surface area contributed by atoms with E-state index in [1.165, 1.54) is 11.3 Å². The molecule has 1 aliphatic carbocycles. The van der Waals surface area contributed by atoms with Crippen LogP contribution in [0.25, 0.3) is 10.6 Å². The summed E-state index contributed by atoms with van der Waals surface area (Å²) in [6, 6.07) is 7.49. The molecule has 1 saturated carbocycles. The molecule has 4 nitrogen and oxygen atoms in total. The van der Waals surface area contributed by atoms with Gasteiger partial charge in [-0.3, -0.25) is 4.79 Å². The molecule has 0 saturated heterocycles. The number of benzene rings is 1. The number of halogens is 3. The molecule has 3 N–H and O–H groups in total. The van der Waals surface area contributed by atoms with Crippen LogP contribution in [0.15, 0.2) is 24.3 Å². The fourth-order valence-corrected chi connectivity index (χ4v) is 4.15. The number of hydrogen-bond donors (Lipinski definition) is 2. The molecule has 1 aromatic carbocycles. The topological polar surface area (TPSA) is 68.0 Å². The molecule has 25 heavy (non-hydrogen) atoms. The van der Waals surface area contributed by atoms with Gasteiger partial charge in [0.05, 0.1) is 11.2 Å². The van der Waals surface area contributed by atoms with Crippen molar-refractivity contribution in [2.24, 2.45) is 5.73 Å². The van der Waals surface area contributed by atoms with Gasteiger partial charge < -0.3 is 11.1 Å². The van der Waals surface area contributed by atoms with E-state index >= 15 is 0 Å². The minimum absolute atomic E-state index is 0. The molecule has 1 aliphatic rings. The predicted molar refractivity (Wildman–Crippen MR) is 110 cm³/mol. The Labute approximate surface area is 169 Å². The predicted octanol–water partition coefficient (Wildman–Crippen LogP) is 4.62. The highest BCUT2D eigenvalue weighted by atomic mass is 35.5. The first-order valence-electron chi connectivity index (χ1n) is 7.79. The summed E-state index contributed by atoms with van der Waals surface area (Å²) in [6.07, 6.45) is 4.15. The maximum Gasteiger partial charge on any atom is 0.263 e. The molecule has 0 aliphatic heterocycles. The number of aromatic nitrogens is 1. The van der Waals surface area contributed by atoms with Crippen LogP contribution in [0, 0.1) is 6.92 Å². The largest absolute Gasteiger partial charge is 0.345 e. The summed E-state index contributed by atoms with van der Waals surface area (Å²) in [7, 11) is 0. The van der Waals surface area contributed by atoms with E-state index in [2.05, 4.69) is 10.3 Å². The lowest BCUT2D eigenvalue weighted by molar-refractivity contribution is 0.0906. The first-order valence-corrected chi connectivity index (χ1v) is 8.98. The van der Waals surface area contributed by atoms with E-state index in [9.17, 15) is 4.79 Å². The molecule has 0 bridgehead atoms. The summed E-state index contributed by atoms with van der Waals surface area (Å²) < 4.78 is 0. The van der Waals surface area contributed by atoms with Gasteiger partial charge in [-0.2, -0.15) is 0 Å². The third kappa shape index (κ3) is 4.86. The average molecular weight is 423 g/mol. The highest BCUT2D eigenvalue weighted by molar-refractivity contribution is 7.17. The minimum atomic E-state index is -0.242. The Balaban J connectivity index is 0.00000156. The number of aryl methyl sites for hydroxylation is 1. The standard InChI is InChI=1S/C17H20ClN3OS.2ClH/c1-11-14(15(22)21-17(10-19)8-2-3-9-17)23-16(20-11)12-4-6-13(18)7-5-12;;/h4-7H,2-3,8-10,19H2,1H3,(H,21,22);2*1H. The SMILES string of the molecule is Cc1nc(-c2ccc(Cl)cc2)sc1C(=O)NC1(CN)CCCC1.Cl.Cl. The number of rotatable bonds is 4. The van der Waals surface area contributed by atoms with Crippen LogP contribution in [0.5, 0.6) is 0 Å². The van der Waals surface area contributed by atoms with Crippen LogP contribution in [0.1, 0.15) is 41.0 Å². The Bertz CT molecular complexity index is 712. The van der Waals surface area contributed by atoms with Gasteiger partial charge >= 0.3 is 0 Å². The third-order valence-corrected chi connectivity index (χ3v) is 5.88. The normalized spacial score (nSPS) is 15.2. The Kier molecular flexibility index (Phi) is 8.16. The molecule has 1 amide bonds. The molecular formula is C17H22Cl3N3OS. The molecule has 1 aromatic heterocycles. The Hall–Kier alpha value is -0.850. The zero-order chi connectivity index (χ0) is 16.4. The van der Waals surface area contributed by atoms with Gasteiger partial charge in [-0.25, -0.2) is 4.98 Å². The van der Waals surface area contributed by atoms with E-state index in [1.54, 1.807) is 0 Å². The van der Waals surface area contributed by atoms with E-state index in [0.717, 1.165) is 41.9 Å². The number of nitrogens with two attached hydrogens (primary N) is 1. The van der Waals surface area contributed by atoms with Crippen LogP contribution in [0.3, 0.4) is 0 Å². The number of thiazole rings is 1. The first kappa shape index (κ1) is 22.2. The second-order valence-electron chi connectivity index (χ2n) is 6.09. The Morgan fingerprint density at radius 1 is 1.28 bits per heavy atom. The van der Waals surface area contributed by atoms with Gasteiger partial charge in [-0.05, 0) is 31.9 Å². The highest BCUT2D eigenvalue weighted by Crippen LogP contribution is 2.32. The van der Waals surface area contributed by atoms with Gasteiger partial charge in [0.1, 0.15) is 9.88 Å². The molecule has 1 fully saturated rings. The first-order chi connectivity index (χ1) is 11.0. The van der Waals surface area contributed by atoms with Crippen molar-refractivity contribution < 1.29 is 4.79 Å². The molecule has 3 rings (SSSR count). The molecule has 0 unspecified atom stereocenters. The summed E-state index contributed by atoms with van der Waals surface area (Å²) in [4.78, 5) is 17.9. The van der Waals surface area contributed by atoms with Gasteiger partial charge in [0.2, 0.25) is 0 Å². The third-order valence-electron chi connectivity index (χ3n) is 4.42. The van der Waals surface area contributed by atoms with Crippen molar-refractivity contribution in [2.75, 3.05) is 6.54 Å². The Morgan fingerprint density at radius 2 is 1.88 bits per heavy atom. The molecule has 138 valence electrons. The number of carbonyl (C=O) groups excluding carboxylic acids is 1. The number of amides is 1. The molecule has 0 spiro atoms. The highest BCUT2D eigenvalue weighted by Gasteiger charge is 2.34. The van der Waals surface area contributed by atoms with Gasteiger partial charge in [0.15, 0.2) is 0 Å². The molecule has 2 aromatic rings. The van der Waals surface area contributed by atoms with Crippen molar-refractivity contribution in [1.29, 1.82) is 0 Å². The Morgan fingerprint density at radius 3 is 2.44 bits per heavy atom. The van der Waals surface area contributed by atoms with E-state index < -0.39 is 0 Å². The molecule has 1 heterocycles. The number of nitrogens with zero attached hydrogens (tertiary/aromatic N) is 1. The smallest absolute Gasteiger partial charge is 0.263 e. The fourth-order valence-electron chi connectivity index (χ4n) is 3.05. The van der Waals surface area contributed by atoms with Crippen LogP contribution in [0.4, 0.5) is 0 Å². The number of carbonyl (C=O) groups is 1. The van der Waals surface area contributed by atoms with E-state index in [1.807, 2.05) is 31.2 Å². The van der Waals surface area contributed by atoms with Crippen LogP contribution in [-0.4, -0.2) is 23.0 Å². The van der Waals surface area contributed by atoms with Crippen LogP contribution in [-0.2, 0) is 0 Å². The zero-order valence-electron chi connectivity index (χ0n) is 13.9. The lowest BCUT2D eigenvalue weighted by Gasteiger charge is -2.28. The van der Waals surface area contributed by atoms with E-state index in [-0.39, 0.29) is 36.3 Å². The maximum absolute atomic E-state index is 12.7. The summed E-state index contributed by atoms with van der Waals surface area (Å²) >= 11 is 7.33. The van der Waals surface area contributed by atoms with Gasteiger partial charge in [0.25, 0.3) is 5.91 Å². The lowest BCUT2D eigenvalue weighted by atomic mass is 9.98. The number of hydrogen-bond acceptors (Lipinski definition) is 4. The van der Waals surface area contributed by atoms with E-state index in [4.69, 9.17) is 17.3 Å². The molecule has 8 heteroatoms. The fraction of sp³-hybridized carbons (Fsp3) is 0.412. The minimum Gasteiger partial charge on any atom is -0.345 e. The van der Waals surface area contributed by atoms with Crippen LogP contribution in [0.2, 0.25) is 5.02 Å². The molecule has 0 atom stereocenters. The van der Waals surface area contributed by atoms with Crippen molar-refractivity contribution in [3.05, 3.63) is 39.9 Å². The summed E-state index contributed by atoms with van der Waals surface area (Å²) in [6.45, 7) is 2.36. The summed E-state index contributed by atoms with van der Waals surface area (Å²) in [5.41, 5.74) is 7.38. The van der Waals surface area contributed by atoms with Crippen LogP contribution >= 0.6 is 47.8 Å². The monoisotopic (exact) mass is 421 g/mol. The maximum atomic E-state index is 12.7. The van der Waals surface area contributed by atoms with Gasteiger partial charge in [-0.15, -0.1) is 36.2 Å². The second kappa shape index (κ2) is 9.19. The van der Waals surface area contributed by atoms with Crippen LogP contribution < -0.4 is 11.1 Å². The lowest BCUT2D eigenvalue weighted by Crippen LogP contribution is -2.51. The quantitative estimate of drug-likeness (QED) is 0.755. The van der Waals surface area contributed by atoms with Gasteiger partial charge in [-0.1, -0.05) is 36.6 Å².